The normalized spacial score (nSPS) is 11.4. The van der Waals surface area contributed by atoms with Gasteiger partial charge in [0.2, 0.25) is 10.0 Å². The Hall–Kier alpha value is -3.52. The van der Waals surface area contributed by atoms with Crippen molar-refractivity contribution in [3.63, 3.8) is 0 Å². The first-order valence-corrected chi connectivity index (χ1v) is 13.0. The average Bonchev–Trinajstić information content (AvgIpc) is 2.90. The molecule has 1 amide bonds. The molecule has 0 N–H and O–H groups in total. The zero-order valence-corrected chi connectivity index (χ0v) is 21.1. The molecule has 8 heteroatoms. The van der Waals surface area contributed by atoms with E-state index in [9.17, 15) is 17.6 Å². The number of nitrogens with zero attached hydrogens (tertiary/aromatic N) is 2. The molecular formula is C28H24ClFN2O3S. The van der Waals surface area contributed by atoms with Crippen molar-refractivity contribution in [2.24, 2.45) is 0 Å². The van der Waals surface area contributed by atoms with Crippen LogP contribution < -0.4 is 4.90 Å². The highest BCUT2D eigenvalue weighted by Crippen LogP contribution is 2.23. The molecule has 4 rings (SSSR count). The van der Waals surface area contributed by atoms with Gasteiger partial charge >= 0.3 is 0 Å². The Bertz CT molecular complexity index is 1430. The highest BCUT2D eigenvalue weighted by atomic mass is 35.5. The van der Waals surface area contributed by atoms with Gasteiger partial charge in [-0.3, -0.25) is 4.79 Å². The summed E-state index contributed by atoms with van der Waals surface area (Å²) in [6.07, 6.45) is 0. The molecule has 0 bridgehead atoms. The zero-order chi connectivity index (χ0) is 25.7. The van der Waals surface area contributed by atoms with Crippen LogP contribution in [0.25, 0.3) is 0 Å². The first-order valence-electron chi connectivity index (χ1n) is 11.2. The molecular weight excluding hydrogens is 499 g/mol. The van der Waals surface area contributed by atoms with Crippen molar-refractivity contribution in [3.8, 4) is 0 Å². The van der Waals surface area contributed by atoms with Gasteiger partial charge in [0, 0.05) is 36.4 Å². The molecule has 4 aromatic rings. The van der Waals surface area contributed by atoms with Gasteiger partial charge in [0.05, 0.1) is 4.90 Å². The maximum Gasteiger partial charge on any atom is 0.258 e. The topological polar surface area (TPSA) is 57.7 Å². The molecule has 0 heterocycles. The lowest BCUT2D eigenvalue weighted by Crippen LogP contribution is -2.30. The van der Waals surface area contributed by atoms with Crippen LogP contribution in [-0.2, 0) is 23.1 Å². The number of anilines is 1. The lowest BCUT2D eigenvalue weighted by Gasteiger charge is -2.23. The smallest absolute Gasteiger partial charge is 0.258 e. The molecule has 0 saturated heterocycles. The van der Waals surface area contributed by atoms with Crippen LogP contribution in [0.15, 0.2) is 108 Å². The summed E-state index contributed by atoms with van der Waals surface area (Å²) in [7, 11) is -2.19. The molecule has 36 heavy (non-hydrogen) atoms. The van der Waals surface area contributed by atoms with E-state index in [1.165, 1.54) is 40.7 Å². The molecule has 0 radical (unpaired) electrons. The third-order valence-corrected chi connectivity index (χ3v) is 7.79. The SMILES string of the molecule is CN(C(=O)c1ccc(CN(Cc2ccc(F)cc2)S(=O)(=O)c2ccc(Cl)cc2)cc1)c1ccccc1. The van der Waals surface area contributed by atoms with Crippen molar-refractivity contribution in [1.82, 2.24) is 4.31 Å². The second kappa shape index (κ2) is 11.0. The van der Waals surface area contributed by atoms with E-state index in [0.717, 1.165) is 5.69 Å². The van der Waals surface area contributed by atoms with Crippen molar-refractivity contribution in [2.75, 3.05) is 11.9 Å². The number of rotatable bonds is 8. The second-order valence-corrected chi connectivity index (χ2v) is 10.6. The van der Waals surface area contributed by atoms with Crippen molar-refractivity contribution in [2.45, 2.75) is 18.0 Å². The van der Waals surface area contributed by atoms with Crippen LogP contribution in [-0.4, -0.2) is 25.7 Å². The summed E-state index contributed by atoms with van der Waals surface area (Å²) in [6, 6.07) is 27.8. The Morgan fingerprint density at radius 1 is 0.778 bits per heavy atom. The van der Waals surface area contributed by atoms with Crippen LogP contribution in [0.2, 0.25) is 5.02 Å². The summed E-state index contributed by atoms with van der Waals surface area (Å²) >= 11 is 5.94. The van der Waals surface area contributed by atoms with Gasteiger partial charge in [-0.2, -0.15) is 4.31 Å². The standard InChI is InChI=1S/C28H24ClFN2O3S/c1-31(26-5-3-2-4-6-26)28(33)23-11-7-21(8-12-23)19-32(20-22-9-15-25(30)16-10-22)36(34,35)27-17-13-24(29)14-18-27/h2-18H,19-20H2,1H3. The number of hydrogen-bond acceptors (Lipinski definition) is 3. The molecule has 0 unspecified atom stereocenters. The fraction of sp³-hybridized carbons (Fsp3) is 0.107. The Balaban J connectivity index is 1.59. The lowest BCUT2D eigenvalue weighted by atomic mass is 10.1. The van der Waals surface area contributed by atoms with E-state index < -0.39 is 15.8 Å². The first-order chi connectivity index (χ1) is 17.2. The van der Waals surface area contributed by atoms with E-state index in [0.29, 0.717) is 21.7 Å². The van der Waals surface area contributed by atoms with Gasteiger partial charge in [-0.15, -0.1) is 0 Å². The van der Waals surface area contributed by atoms with Crippen LogP contribution in [0, 0.1) is 5.82 Å². The number of amides is 1. The fourth-order valence-corrected chi connectivity index (χ4v) is 5.24. The molecule has 0 aliphatic carbocycles. The molecule has 0 aromatic heterocycles. The molecule has 0 spiro atoms. The number of carbonyl (C=O) groups is 1. The minimum absolute atomic E-state index is 0.0443. The largest absolute Gasteiger partial charge is 0.311 e. The van der Waals surface area contributed by atoms with Crippen LogP contribution in [0.4, 0.5) is 10.1 Å². The van der Waals surface area contributed by atoms with Crippen molar-refractivity contribution < 1.29 is 17.6 Å². The summed E-state index contributed by atoms with van der Waals surface area (Å²) in [5.41, 5.74) is 2.60. The lowest BCUT2D eigenvalue weighted by molar-refractivity contribution is 0.0993. The van der Waals surface area contributed by atoms with E-state index in [4.69, 9.17) is 11.6 Å². The van der Waals surface area contributed by atoms with Gasteiger partial charge in [-0.05, 0) is 71.8 Å². The van der Waals surface area contributed by atoms with Crippen LogP contribution in [0.1, 0.15) is 21.5 Å². The van der Waals surface area contributed by atoms with Gasteiger partial charge in [0.1, 0.15) is 5.82 Å². The number of para-hydroxylation sites is 1. The predicted molar refractivity (Wildman–Crippen MR) is 140 cm³/mol. The number of halogens is 2. The summed E-state index contributed by atoms with van der Waals surface area (Å²) in [5, 5.41) is 0.430. The minimum Gasteiger partial charge on any atom is -0.311 e. The van der Waals surface area contributed by atoms with E-state index >= 15 is 0 Å². The van der Waals surface area contributed by atoms with E-state index in [1.54, 1.807) is 48.3 Å². The third kappa shape index (κ3) is 5.99. The van der Waals surface area contributed by atoms with E-state index in [-0.39, 0.29) is 23.9 Å². The second-order valence-electron chi connectivity index (χ2n) is 8.25. The summed E-state index contributed by atoms with van der Waals surface area (Å²) < 4.78 is 41.7. The maximum absolute atomic E-state index is 13.5. The van der Waals surface area contributed by atoms with E-state index in [2.05, 4.69) is 0 Å². The molecule has 0 aliphatic rings. The molecule has 0 fully saturated rings. The fourth-order valence-electron chi connectivity index (χ4n) is 3.69. The van der Waals surface area contributed by atoms with E-state index in [1.807, 2.05) is 30.3 Å². The number of sulfonamides is 1. The average molecular weight is 523 g/mol. The number of benzene rings is 4. The Morgan fingerprint density at radius 3 is 1.86 bits per heavy atom. The maximum atomic E-state index is 13.5. The molecule has 4 aromatic carbocycles. The van der Waals surface area contributed by atoms with Crippen molar-refractivity contribution in [1.29, 1.82) is 0 Å². The van der Waals surface area contributed by atoms with Gasteiger partial charge in [0.25, 0.3) is 5.91 Å². The highest BCUT2D eigenvalue weighted by Gasteiger charge is 2.25. The predicted octanol–water partition coefficient (Wildman–Crippen LogP) is 6.15. The summed E-state index contributed by atoms with van der Waals surface area (Å²) in [5.74, 6) is -0.573. The van der Waals surface area contributed by atoms with Gasteiger partial charge in [-0.1, -0.05) is 54.1 Å². The Kier molecular flexibility index (Phi) is 7.84. The van der Waals surface area contributed by atoms with Gasteiger partial charge in [0.15, 0.2) is 0 Å². The first kappa shape index (κ1) is 25.6. The molecule has 0 atom stereocenters. The van der Waals surface area contributed by atoms with Crippen LogP contribution in [0.3, 0.4) is 0 Å². The molecule has 184 valence electrons. The Labute approximate surface area is 215 Å². The zero-order valence-electron chi connectivity index (χ0n) is 19.5. The van der Waals surface area contributed by atoms with Gasteiger partial charge in [-0.25, -0.2) is 12.8 Å². The molecule has 0 saturated carbocycles. The Morgan fingerprint density at radius 2 is 1.31 bits per heavy atom. The number of carbonyl (C=O) groups excluding carboxylic acids is 1. The van der Waals surface area contributed by atoms with Crippen LogP contribution in [0.5, 0.6) is 0 Å². The monoisotopic (exact) mass is 522 g/mol. The van der Waals surface area contributed by atoms with Crippen molar-refractivity contribution in [3.05, 3.63) is 131 Å². The summed E-state index contributed by atoms with van der Waals surface area (Å²) in [4.78, 5) is 14.6. The van der Waals surface area contributed by atoms with Crippen molar-refractivity contribution >= 4 is 33.2 Å². The quantitative estimate of drug-likeness (QED) is 0.279. The van der Waals surface area contributed by atoms with Gasteiger partial charge < -0.3 is 4.90 Å². The third-order valence-electron chi connectivity index (χ3n) is 5.73. The van der Waals surface area contributed by atoms with Crippen LogP contribution >= 0.6 is 11.6 Å². The number of hydrogen-bond donors (Lipinski definition) is 0. The molecule has 5 nitrogen and oxygen atoms in total. The minimum atomic E-state index is -3.89. The molecule has 0 aliphatic heterocycles. The summed E-state index contributed by atoms with van der Waals surface area (Å²) in [6.45, 7) is 0.105. The highest BCUT2D eigenvalue weighted by molar-refractivity contribution is 7.89.